The molecule has 4 rings (SSSR count). The Morgan fingerprint density at radius 2 is 1.44 bits per heavy atom. The highest BCUT2D eigenvalue weighted by Gasteiger charge is 2.41. The maximum absolute atomic E-state index is 13.4. The fourth-order valence-corrected chi connectivity index (χ4v) is 5.36. The molecule has 0 radical (unpaired) electrons. The van der Waals surface area contributed by atoms with E-state index in [1.54, 1.807) is 4.90 Å². The number of benzene rings is 2. The van der Waals surface area contributed by atoms with Gasteiger partial charge in [-0.2, -0.15) is 0 Å². The van der Waals surface area contributed by atoms with Crippen LogP contribution in [-0.2, 0) is 36.8 Å². The number of likely N-dealkylation sites (tertiary alicyclic amines) is 2. The van der Waals surface area contributed by atoms with Crippen LogP contribution in [0.4, 0.5) is 4.79 Å². The highest BCUT2D eigenvalue weighted by atomic mass is 16.2. The maximum Gasteiger partial charge on any atom is 0.318 e. The van der Waals surface area contributed by atoms with E-state index in [0.717, 1.165) is 11.1 Å². The Hall–Kier alpha value is -4.38. The van der Waals surface area contributed by atoms with Crippen LogP contribution in [0, 0.1) is 0 Å². The predicted octanol–water partition coefficient (Wildman–Crippen LogP) is 0.745. The first kappa shape index (κ1) is 29.6. The molecule has 0 bridgehead atoms. The number of ketones is 2. The SMILES string of the molecule is NC(=O)C(=O)[C@H](Cc1ccccc1)N1CCC[C@H]1C(=O)NC(=O)[C@H](Cc1ccccc1)NC(=O)N1CCC(=O)CC1. The summed E-state index contributed by atoms with van der Waals surface area (Å²) in [5.41, 5.74) is 6.95. The van der Waals surface area contributed by atoms with E-state index in [4.69, 9.17) is 5.73 Å². The summed E-state index contributed by atoms with van der Waals surface area (Å²) in [6.07, 6.45) is 1.81. The van der Waals surface area contributed by atoms with Crippen molar-refractivity contribution < 1.29 is 28.8 Å². The van der Waals surface area contributed by atoms with E-state index in [1.165, 1.54) is 4.90 Å². The number of nitrogens with two attached hydrogens (primary N) is 1. The normalized spacial score (nSPS) is 18.8. The lowest BCUT2D eigenvalue weighted by Gasteiger charge is -2.31. The van der Waals surface area contributed by atoms with Crippen molar-refractivity contribution in [3.8, 4) is 0 Å². The van der Waals surface area contributed by atoms with Crippen LogP contribution in [0.5, 0.6) is 0 Å². The average Bonchev–Trinajstić information content (AvgIpc) is 3.46. The number of rotatable bonds is 10. The Labute approximate surface area is 238 Å². The van der Waals surface area contributed by atoms with E-state index in [1.807, 2.05) is 60.7 Å². The van der Waals surface area contributed by atoms with Crippen molar-refractivity contribution in [3.63, 3.8) is 0 Å². The van der Waals surface area contributed by atoms with Gasteiger partial charge in [0.2, 0.25) is 17.6 Å². The molecule has 11 nitrogen and oxygen atoms in total. The van der Waals surface area contributed by atoms with Crippen molar-refractivity contribution in [1.29, 1.82) is 0 Å². The average molecular weight is 562 g/mol. The summed E-state index contributed by atoms with van der Waals surface area (Å²) in [4.78, 5) is 79.2. The summed E-state index contributed by atoms with van der Waals surface area (Å²) < 4.78 is 0. The third-order valence-corrected chi connectivity index (χ3v) is 7.57. The molecular weight excluding hydrogens is 526 g/mol. The highest BCUT2D eigenvalue weighted by molar-refractivity contribution is 6.37. The number of hydrogen-bond acceptors (Lipinski definition) is 7. The molecular formula is C30H35N5O6. The minimum atomic E-state index is -1.09. The number of carbonyl (C=O) groups is 6. The van der Waals surface area contributed by atoms with Crippen molar-refractivity contribution in [2.24, 2.45) is 5.73 Å². The van der Waals surface area contributed by atoms with E-state index in [2.05, 4.69) is 10.6 Å². The minimum absolute atomic E-state index is 0.0831. The number of Topliss-reactive ketones (excluding diaryl/α,β-unsaturated/α-hetero) is 2. The minimum Gasteiger partial charge on any atom is -0.363 e. The summed E-state index contributed by atoms with van der Waals surface area (Å²) in [7, 11) is 0. The zero-order valence-electron chi connectivity index (χ0n) is 22.8. The van der Waals surface area contributed by atoms with Gasteiger partial charge < -0.3 is 16.0 Å². The maximum atomic E-state index is 13.4. The summed E-state index contributed by atoms with van der Waals surface area (Å²) in [5.74, 6) is -3.10. The molecule has 2 fully saturated rings. The Balaban J connectivity index is 1.48. The van der Waals surface area contributed by atoms with E-state index in [9.17, 15) is 28.8 Å². The molecule has 2 aromatic carbocycles. The molecule has 2 heterocycles. The van der Waals surface area contributed by atoms with Crippen LogP contribution in [0.1, 0.15) is 36.8 Å². The molecule has 41 heavy (non-hydrogen) atoms. The molecule has 3 atom stereocenters. The molecule has 0 aromatic heterocycles. The van der Waals surface area contributed by atoms with Gasteiger partial charge in [0, 0.05) is 32.4 Å². The van der Waals surface area contributed by atoms with Gasteiger partial charge in [0.25, 0.3) is 5.91 Å². The fraction of sp³-hybridized carbons (Fsp3) is 0.400. The number of primary amides is 1. The molecule has 2 aliphatic heterocycles. The van der Waals surface area contributed by atoms with Gasteiger partial charge in [-0.25, -0.2) is 4.79 Å². The number of piperidine rings is 1. The quantitative estimate of drug-likeness (QED) is 0.361. The lowest BCUT2D eigenvalue weighted by molar-refractivity contribution is -0.141. The van der Waals surface area contributed by atoms with Gasteiger partial charge in [0.15, 0.2) is 0 Å². The topological polar surface area (TPSA) is 159 Å². The highest BCUT2D eigenvalue weighted by Crippen LogP contribution is 2.23. The fourth-order valence-electron chi connectivity index (χ4n) is 5.36. The van der Waals surface area contributed by atoms with E-state index in [-0.39, 0.29) is 44.6 Å². The molecule has 5 amide bonds. The van der Waals surface area contributed by atoms with Crippen LogP contribution in [0.3, 0.4) is 0 Å². The number of imide groups is 1. The van der Waals surface area contributed by atoms with Crippen molar-refractivity contribution in [1.82, 2.24) is 20.4 Å². The molecule has 0 saturated carbocycles. The summed E-state index contributed by atoms with van der Waals surface area (Å²) in [6.45, 7) is 0.897. The van der Waals surface area contributed by atoms with Gasteiger partial charge >= 0.3 is 6.03 Å². The Morgan fingerprint density at radius 1 is 0.854 bits per heavy atom. The number of hydrogen-bond donors (Lipinski definition) is 3. The van der Waals surface area contributed by atoms with E-state index in [0.29, 0.717) is 19.4 Å². The number of nitrogens with zero attached hydrogens (tertiary/aromatic N) is 2. The number of carbonyl (C=O) groups excluding carboxylic acids is 6. The van der Waals surface area contributed by atoms with E-state index < -0.39 is 47.7 Å². The van der Waals surface area contributed by atoms with E-state index >= 15 is 0 Å². The van der Waals surface area contributed by atoms with Crippen molar-refractivity contribution in [3.05, 3.63) is 71.8 Å². The Bertz CT molecular complexity index is 1270. The van der Waals surface area contributed by atoms with Crippen LogP contribution in [0.25, 0.3) is 0 Å². The Morgan fingerprint density at radius 3 is 2.02 bits per heavy atom. The van der Waals surface area contributed by atoms with Gasteiger partial charge in [0.1, 0.15) is 11.8 Å². The molecule has 11 heteroatoms. The molecule has 2 saturated heterocycles. The van der Waals surface area contributed by atoms with Gasteiger partial charge in [-0.05, 0) is 36.9 Å². The second-order valence-corrected chi connectivity index (χ2v) is 10.4. The number of nitrogens with one attached hydrogen (secondary N) is 2. The van der Waals surface area contributed by atoms with Crippen molar-refractivity contribution in [2.75, 3.05) is 19.6 Å². The lowest BCUT2D eigenvalue weighted by atomic mass is 9.99. The van der Waals surface area contributed by atoms with Crippen molar-refractivity contribution in [2.45, 2.75) is 56.7 Å². The van der Waals surface area contributed by atoms with Crippen LogP contribution in [-0.4, -0.2) is 82.9 Å². The summed E-state index contributed by atoms with van der Waals surface area (Å²) in [5, 5.41) is 5.17. The van der Waals surface area contributed by atoms with Gasteiger partial charge in [-0.15, -0.1) is 0 Å². The third kappa shape index (κ3) is 7.85. The van der Waals surface area contributed by atoms with Crippen molar-refractivity contribution >= 4 is 35.3 Å². The summed E-state index contributed by atoms with van der Waals surface area (Å²) >= 11 is 0. The second kappa shape index (κ2) is 13.8. The number of urea groups is 1. The molecule has 2 aromatic rings. The van der Waals surface area contributed by atoms with Crippen LogP contribution < -0.4 is 16.4 Å². The monoisotopic (exact) mass is 561 g/mol. The zero-order chi connectivity index (χ0) is 29.4. The standard InChI is InChI=1S/C30H35N5O6/c31-27(38)26(37)25(19-21-10-5-2-6-11-21)35-15-7-12-24(35)29(40)33-28(39)23(18-20-8-3-1-4-9-20)32-30(41)34-16-13-22(36)14-17-34/h1-6,8-11,23-25H,7,12-19H2,(H2,31,38)(H,32,41)(H,33,39,40)/t23-,24-,25-/m0/s1. The smallest absolute Gasteiger partial charge is 0.318 e. The molecule has 2 aliphatic rings. The van der Waals surface area contributed by atoms with Crippen LogP contribution in [0.2, 0.25) is 0 Å². The molecule has 0 aliphatic carbocycles. The van der Waals surface area contributed by atoms with Crippen LogP contribution in [0.15, 0.2) is 60.7 Å². The Kier molecular flexibility index (Phi) is 9.96. The zero-order valence-corrected chi connectivity index (χ0v) is 22.8. The second-order valence-electron chi connectivity index (χ2n) is 10.4. The largest absolute Gasteiger partial charge is 0.363 e. The van der Waals surface area contributed by atoms with Gasteiger partial charge in [0.05, 0.1) is 12.1 Å². The first-order valence-electron chi connectivity index (χ1n) is 13.8. The number of amides is 5. The first-order valence-corrected chi connectivity index (χ1v) is 13.8. The molecule has 0 spiro atoms. The first-order chi connectivity index (χ1) is 19.7. The molecule has 216 valence electrons. The molecule has 4 N–H and O–H groups in total. The predicted molar refractivity (Wildman–Crippen MR) is 149 cm³/mol. The molecule has 0 unspecified atom stereocenters. The van der Waals surface area contributed by atoms with Crippen LogP contribution >= 0.6 is 0 Å². The lowest BCUT2D eigenvalue weighted by Crippen LogP contribution is -2.58. The van der Waals surface area contributed by atoms with Gasteiger partial charge in [-0.3, -0.25) is 34.2 Å². The van der Waals surface area contributed by atoms with Gasteiger partial charge in [-0.1, -0.05) is 60.7 Å². The summed E-state index contributed by atoms with van der Waals surface area (Å²) in [6, 6.07) is 14.9. The third-order valence-electron chi connectivity index (χ3n) is 7.57.